The van der Waals surface area contributed by atoms with Crippen LogP contribution >= 0.6 is 0 Å². The van der Waals surface area contributed by atoms with Crippen molar-refractivity contribution < 1.29 is 23.7 Å². The van der Waals surface area contributed by atoms with Crippen molar-refractivity contribution in [2.24, 2.45) is 0 Å². The first-order valence-electron chi connectivity index (χ1n) is 5.60. The van der Waals surface area contributed by atoms with Crippen LogP contribution in [0.5, 0.6) is 0 Å². The van der Waals surface area contributed by atoms with E-state index >= 15 is 0 Å². The van der Waals surface area contributed by atoms with Crippen LogP contribution in [0, 0.1) is 0 Å². The number of methoxy groups -OCH3 is 2. The summed E-state index contributed by atoms with van der Waals surface area (Å²) in [5, 5.41) is 0. The van der Waals surface area contributed by atoms with E-state index in [0.29, 0.717) is 19.7 Å². The lowest BCUT2D eigenvalue weighted by Gasteiger charge is -2.07. The Balaban J connectivity index is 0.000000304. The molecule has 5 heteroatoms. The van der Waals surface area contributed by atoms with Gasteiger partial charge in [-0.3, -0.25) is 0 Å². The summed E-state index contributed by atoms with van der Waals surface area (Å²) in [6.07, 6.45) is 2.32. The van der Waals surface area contributed by atoms with E-state index < -0.39 is 0 Å². The Morgan fingerprint density at radius 3 is 2.18 bits per heavy atom. The highest BCUT2D eigenvalue weighted by molar-refractivity contribution is 4.75. The molecule has 1 aliphatic heterocycles. The van der Waals surface area contributed by atoms with Gasteiger partial charge in [0.1, 0.15) is 19.7 Å². The molecule has 3 atom stereocenters. The molecule has 0 spiro atoms. The zero-order valence-electron chi connectivity index (χ0n) is 11.2. The molecule has 1 fully saturated rings. The van der Waals surface area contributed by atoms with Crippen LogP contribution in [0.1, 0.15) is 13.8 Å². The van der Waals surface area contributed by atoms with Gasteiger partial charge in [0.05, 0.1) is 18.8 Å². The van der Waals surface area contributed by atoms with E-state index in [9.17, 15) is 0 Å². The number of hydrogen-bond acceptors (Lipinski definition) is 5. The number of epoxide rings is 1. The van der Waals surface area contributed by atoms with Crippen molar-refractivity contribution in [3.05, 3.63) is 12.7 Å². The largest absolute Gasteiger partial charge is 0.370 e. The summed E-state index contributed by atoms with van der Waals surface area (Å²) in [4.78, 5) is 0. The van der Waals surface area contributed by atoms with Crippen LogP contribution < -0.4 is 0 Å². The van der Waals surface area contributed by atoms with Crippen LogP contribution in [-0.4, -0.2) is 52.7 Å². The molecule has 1 heterocycles. The molecule has 0 N–H and O–H groups in total. The van der Waals surface area contributed by atoms with Gasteiger partial charge in [-0.05, 0) is 13.8 Å². The van der Waals surface area contributed by atoms with Gasteiger partial charge in [0.15, 0.2) is 0 Å². The van der Waals surface area contributed by atoms with Crippen molar-refractivity contribution in [1.82, 2.24) is 0 Å². The van der Waals surface area contributed by atoms with E-state index in [2.05, 4.69) is 11.3 Å². The van der Waals surface area contributed by atoms with Crippen molar-refractivity contribution >= 4 is 0 Å². The Kier molecular flexibility index (Phi) is 10.4. The highest BCUT2D eigenvalue weighted by Crippen LogP contribution is 2.15. The first-order chi connectivity index (χ1) is 8.15. The smallest absolute Gasteiger partial charge is 0.147 e. The fourth-order valence-electron chi connectivity index (χ4n) is 0.853. The van der Waals surface area contributed by atoms with E-state index in [1.54, 1.807) is 20.3 Å². The summed E-state index contributed by atoms with van der Waals surface area (Å²) < 4.78 is 24.5. The average molecular weight is 248 g/mol. The van der Waals surface area contributed by atoms with Crippen LogP contribution in [0.4, 0.5) is 0 Å². The monoisotopic (exact) mass is 248 g/mol. The highest BCUT2D eigenvalue weighted by Gasteiger charge is 2.29. The van der Waals surface area contributed by atoms with Crippen molar-refractivity contribution in [1.29, 1.82) is 0 Å². The van der Waals surface area contributed by atoms with E-state index in [-0.39, 0.29) is 12.2 Å². The first kappa shape index (κ1) is 16.5. The fourth-order valence-corrected chi connectivity index (χ4v) is 0.853. The normalized spacial score (nSPS) is 21.1. The maximum Gasteiger partial charge on any atom is 0.147 e. The third-order valence-corrected chi connectivity index (χ3v) is 2.11. The predicted octanol–water partition coefficient (Wildman–Crippen LogP) is 1.58. The number of hydrogen-bond donors (Lipinski definition) is 0. The third kappa shape index (κ3) is 10.4. The Morgan fingerprint density at radius 2 is 1.76 bits per heavy atom. The summed E-state index contributed by atoms with van der Waals surface area (Å²) in [6, 6.07) is 0. The molecule has 0 saturated carbocycles. The highest BCUT2D eigenvalue weighted by atomic mass is 16.7. The second-order valence-corrected chi connectivity index (χ2v) is 3.66. The van der Waals surface area contributed by atoms with E-state index in [0.717, 1.165) is 6.61 Å². The van der Waals surface area contributed by atoms with E-state index in [1.807, 2.05) is 13.8 Å². The number of rotatable bonds is 8. The summed E-state index contributed by atoms with van der Waals surface area (Å²) >= 11 is 0. The van der Waals surface area contributed by atoms with Gasteiger partial charge in [-0.15, -0.1) is 6.58 Å². The molecule has 0 aromatic heterocycles. The molecule has 3 unspecified atom stereocenters. The molecule has 0 aliphatic carbocycles. The van der Waals surface area contributed by atoms with E-state index in [1.165, 1.54) is 0 Å². The third-order valence-electron chi connectivity index (χ3n) is 2.11. The van der Waals surface area contributed by atoms with Gasteiger partial charge in [-0.2, -0.15) is 0 Å². The minimum Gasteiger partial charge on any atom is -0.370 e. The van der Waals surface area contributed by atoms with E-state index in [4.69, 9.17) is 18.9 Å². The van der Waals surface area contributed by atoms with Gasteiger partial charge in [-0.25, -0.2) is 0 Å². The molecule has 1 saturated heterocycles. The molecule has 102 valence electrons. The standard InChI is InChI=1S/C6H12O3.C6H12O2/c1-5(6-3-8-6)9-4-7-2;1-4-6(2)8-5-7-3/h5-6H,3-4H2,1-2H3;4,6H,1,5H2,2-3H3. The molecule has 0 bridgehead atoms. The van der Waals surface area contributed by atoms with Crippen molar-refractivity contribution in [3.8, 4) is 0 Å². The van der Waals surface area contributed by atoms with Crippen molar-refractivity contribution in [2.75, 3.05) is 34.4 Å². The van der Waals surface area contributed by atoms with Gasteiger partial charge in [0.25, 0.3) is 0 Å². The molecule has 17 heavy (non-hydrogen) atoms. The summed E-state index contributed by atoms with van der Waals surface area (Å²) in [5.41, 5.74) is 0. The van der Waals surface area contributed by atoms with Crippen molar-refractivity contribution in [3.63, 3.8) is 0 Å². The first-order valence-corrected chi connectivity index (χ1v) is 5.60. The van der Waals surface area contributed by atoms with Crippen LogP contribution in [0.25, 0.3) is 0 Å². The molecule has 1 rings (SSSR count). The molecule has 0 aromatic rings. The lowest BCUT2D eigenvalue weighted by Crippen LogP contribution is -2.16. The predicted molar refractivity (Wildman–Crippen MR) is 64.8 cm³/mol. The summed E-state index contributed by atoms with van der Waals surface area (Å²) in [6.45, 7) is 8.97. The van der Waals surface area contributed by atoms with Crippen molar-refractivity contribution in [2.45, 2.75) is 32.2 Å². The quantitative estimate of drug-likeness (QED) is 0.371. The second-order valence-electron chi connectivity index (χ2n) is 3.66. The molecular weight excluding hydrogens is 224 g/mol. The van der Waals surface area contributed by atoms with Gasteiger partial charge in [0.2, 0.25) is 0 Å². The average Bonchev–Trinajstić information content (AvgIpc) is 3.17. The Labute approximate surface area is 104 Å². The Bertz CT molecular complexity index is 182. The summed E-state index contributed by atoms with van der Waals surface area (Å²) in [5.74, 6) is 0. The minimum absolute atomic E-state index is 0.0925. The molecule has 1 aliphatic rings. The molecular formula is C12H24O5. The minimum atomic E-state index is 0.0925. The maximum absolute atomic E-state index is 5.17. The van der Waals surface area contributed by atoms with Crippen LogP contribution in [0.15, 0.2) is 12.7 Å². The second kappa shape index (κ2) is 10.7. The zero-order valence-corrected chi connectivity index (χ0v) is 11.2. The lowest BCUT2D eigenvalue weighted by atomic mass is 10.3. The maximum atomic E-state index is 5.17. The summed E-state index contributed by atoms with van der Waals surface area (Å²) in [7, 11) is 3.20. The van der Waals surface area contributed by atoms with Crippen LogP contribution in [0.3, 0.4) is 0 Å². The van der Waals surface area contributed by atoms with Gasteiger partial charge in [0, 0.05) is 14.2 Å². The molecule has 0 radical (unpaired) electrons. The topological polar surface area (TPSA) is 49.5 Å². The number of ether oxygens (including phenoxy) is 5. The van der Waals surface area contributed by atoms with Crippen LogP contribution in [0.2, 0.25) is 0 Å². The van der Waals surface area contributed by atoms with Gasteiger partial charge >= 0.3 is 0 Å². The zero-order chi connectivity index (χ0) is 13.1. The Morgan fingerprint density at radius 1 is 1.24 bits per heavy atom. The van der Waals surface area contributed by atoms with Gasteiger partial charge < -0.3 is 23.7 Å². The van der Waals surface area contributed by atoms with Crippen LogP contribution in [-0.2, 0) is 23.7 Å². The molecule has 0 aromatic carbocycles. The van der Waals surface area contributed by atoms with Gasteiger partial charge in [-0.1, -0.05) is 6.08 Å². The SMILES string of the molecule is C=CC(C)OCOC.COCOC(C)C1CO1. The lowest BCUT2D eigenvalue weighted by molar-refractivity contribution is -0.0725. The fraction of sp³-hybridized carbons (Fsp3) is 0.833. The molecule has 5 nitrogen and oxygen atoms in total. The Hall–Kier alpha value is -0.460. The molecule has 0 amide bonds.